The van der Waals surface area contributed by atoms with Crippen molar-refractivity contribution in [3.05, 3.63) is 0 Å². The molecule has 2 fully saturated rings. The highest BCUT2D eigenvalue weighted by Gasteiger charge is 2.28. The Bertz CT molecular complexity index is 210. The number of nitrogens with two attached hydrogens (primary N) is 1. The Kier molecular flexibility index (Phi) is 5.26. The molecule has 0 saturated carbocycles. The van der Waals surface area contributed by atoms with Crippen LogP contribution in [0.4, 0.5) is 0 Å². The second-order valence-corrected chi connectivity index (χ2v) is 5.81. The Morgan fingerprint density at radius 3 is 2.59 bits per heavy atom. The average molecular weight is 239 g/mol. The lowest BCUT2D eigenvalue weighted by Gasteiger charge is -2.32. The second-order valence-electron chi connectivity index (χ2n) is 5.81. The fraction of sp³-hybridized carbons (Fsp3) is 1.00. The van der Waals surface area contributed by atoms with E-state index in [1.165, 1.54) is 64.8 Å². The topological polar surface area (TPSA) is 32.5 Å². The summed E-state index contributed by atoms with van der Waals surface area (Å²) in [6.07, 6.45) is 6.87. The molecule has 2 N–H and O–H groups in total. The quantitative estimate of drug-likeness (QED) is 0.790. The number of likely N-dealkylation sites (tertiary alicyclic amines) is 2. The van der Waals surface area contributed by atoms with Crippen molar-refractivity contribution in [1.29, 1.82) is 0 Å². The van der Waals surface area contributed by atoms with Crippen LogP contribution < -0.4 is 5.73 Å². The summed E-state index contributed by atoms with van der Waals surface area (Å²) in [6.45, 7) is 9.59. The van der Waals surface area contributed by atoms with Gasteiger partial charge in [0.1, 0.15) is 0 Å². The van der Waals surface area contributed by atoms with Crippen molar-refractivity contribution in [2.45, 2.75) is 45.1 Å². The van der Waals surface area contributed by atoms with Gasteiger partial charge in [0.2, 0.25) is 0 Å². The van der Waals surface area contributed by atoms with E-state index in [1.807, 2.05) is 0 Å². The van der Waals surface area contributed by atoms with Crippen molar-refractivity contribution in [2.24, 2.45) is 11.7 Å². The molecule has 2 unspecified atom stereocenters. The van der Waals surface area contributed by atoms with Crippen LogP contribution in [0, 0.1) is 5.92 Å². The average Bonchev–Trinajstić information content (AvgIpc) is 2.85. The van der Waals surface area contributed by atoms with Crippen molar-refractivity contribution in [3.63, 3.8) is 0 Å². The van der Waals surface area contributed by atoms with Crippen LogP contribution >= 0.6 is 0 Å². The van der Waals surface area contributed by atoms with Crippen LogP contribution in [-0.2, 0) is 0 Å². The van der Waals surface area contributed by atoms with Gasteiger partial charge in [-0.25, -0.2) is 0 Å². The summed E-state index contributed by atoms with van der Waals surface area (Å²) in [6, 6.07) is 0.839. The highest BCUT2D eigenvalue weighted by atomic mass is 15.3. The third kappa shape index (κ3) is 3.67. The number of hydrogen-bond donors (Lipinski definition) is 1. The fourth-order valence-electron chi connectivity index (χ4n) is 3.30. The molecule has 0 aromatic heterocycles. The van der Waals surface area contributed by atoms with Gasteiger partial charge in [-0.1, -0.05) is 19.8 Å². The molecule has 2 rings (SSSR count). The summed E-state index contributed by atoms with van der Waals surface area (Å²) >= 11 is 0. The molecular formula is C14H29N3. The Morgan fingerprint density at radius 1 is 1.18 bits per heavy atom. The maximum Gasteiger partial charge on any atom is 0.0235 e. The molecule has 17 heavy (non-hydrogen) atoms. The SMILES string of the molecule is CCC(CN)CN1CCC(N2CCCCC2)C1. The summed E-state index contributed by atoms with van der Waals surface area (Å²) in [5.74, 6) is 0.704. The van der Waals surface area contributed by atoms with Gasteiger partial charge in [-0.15, -0.1) is 0 Å². The van der Waals surface area contributed by atoms with Gasteiger partial charge >= 0.3 is 0 Å². The van der Waals surface area contributed by atoms with Crippen LogP contribution in [0.2, 0.25) is 0 Å². The van der Waals surface area contributed by atoms with Crippen LogP contribution in [-0.4, -0.2) is 55.1 Å². The first-order chi connectivity index (χ1) is 8.33. The van der Waals surface area contributed by atoms with Crippen LogP contribution in [0.25, 0.3) is 0 Å². The molecule has 3 nitrogen and oxygen atoms in total. The predicted molar refractivity (Wildman–Crippen MR) is 73.1 cm³/mol. The summed E-state index contributed by atoms with van der Waals surface area (Å²) in [5, 5.41) is 0. The molecule has 2 aliphatic heterocycles. The molecule has 0 radical (unpaired) electrons. The van der Waals surface area contributed by atoms with Gasteiger partial charge in [-0.2, -0.15) is 0 Å². The minimum Gasteiger partial charge on any atom is -0.330 e. The Labute approximate surface area is 106 Å². The van der Waals surface area contributed by atoms with Gasteiger partial charge in [0.25, 0.3) is 0 Å². The van der Waals surface area contributed by atoms with Crippen molar-refractivity contribution in [2.75, 3.05) is 39.3 Å². The van der Waals surface area contributed by atoms with E-state index >= 15 is 0 Å². The van der Waals surface area contributed by atoms with E-state index in [2.05, 4.69) is 16.7 Å². The van der Waals surface area contributed by atoms with Gasteiger partial charge in [-0.05, 0) is 51.4 Å². The highest BCUT2D eigenvalue weighted by molar-refractivity contribution is 4.85. The van der Waals surface area contributed by atoms with E-state index in [0.29, 0.717) is 5.92 Å². The molecule has 2 heterocycles. The van der Waals surface area contributed by atoms with Crippen molar-refractivity contribution in [3.8, 4) is 0 Å². The van der Waals surface area contributed by atoms with E-state index in [4.69, 9.17) is 5.73 Å². The summed E-state index contributed by atoms with van der Waals surface area (Å²) in [7, 11) is 0. The number of hydrogen-bond acceptors (Lipinski definition) is 3. The number of piperidine rings is 1. The van der Waals surface area contributed by atoms with Crippen LogP contribution in [0.15, 0.2) is 0 Å². The second kappa shape index (κ2) is 6.72. The smallest absolute Gasteiger partial charge is 0.0235 e. The lowest BCUT2D eigenvalue weighted by atomic mass is 10.1. The first-order valence-corrected chi connectivity index (χ1v) is 7.50. The first kappa shape index (κ1) is 13.3. The minimum atomic E-state index is 0.704. The molecule has 0 amide bonds. The van der Waals surface area contributed by atoms with E-state index in [0.717, 1.165) is 12.6 Å². The summed E-state index contributed by atoms with van der Waals surface area (Å²) in [4.78, 5) is 5.37. The normalized spacial score (nSPS) is 29.6. The standard InChI is InChI=1S/C14H29N3/c1-2-13(10-15)11-16-9-6-14(12-16)17-7-4-3-5-8-17/h13-14H,2-12,15H2,1H3. The minimum absolute atomic E-state index is 0.704. The van der Waals surface area contributed by atoms with Crippen LogP contribution in [0.3, 0.4) is 0 Å². The van der Waals surface area contributed by atoms with E-state index in [1.54, 1.807) is 0 Å². The zero-order valence-electron chi connectivity index (χ0n) is 11.4. The van der Waals surface area contributed by atoms with Gasteiger partial charge in [0.15, 0.2) is 0 Å². The molecule has 0 spiro atoms. The molecule has 2 atom stereocenters. The van der Waals surface area contributed by atoms with Crippen molar-refractivity contribution in [1.82, 2.24) is 9.80 Å². The van der Waals surface area contributed by atoms with Gasteiger partial charge in [0.05, 0.1) is 0 Å². The fourth-order valence-corrected chi connectivity index (χ4v) is 3.30. The van der Waals surface area contributed by atoms with E-state index in [9.17, 15) is 0 Å². The van der Waals surface area contributed by atoms with Crippen LogP contribution in [0.1, 0.15) is 39.0 Å². The van der Waals surface area contributed by atoms with E-state index in [-0.39, 0.29) is 0 Å². The molecule has 2 aliphatic rings. The molecule has 0 aromatic carbocycles. The lowest BCUT2D eigenvalue weighted by molar-refractivity contribution is 0.158. The number of rotatable bonds is 5. The monoisotopic (exact) mass is 239 g/mol. The molecule has 0 aliphatic carbocycles. The molecular weight excluding hydrogens is 210 g/mol. The third-order valence-electron chi connectivity index (χ3n) is 4.58. The largest absolute Gasteiger partial charge is 0.330 e. The Morgan fingerprint density at radius 2 is 1.94 bits per heavy atom. The zero-order valence-corrected chi connectivity index (χ0v) is 11.4. The Balaban J connectivity index is 1.74. The molecule has 3 heteroatoms. The first-order valence-electron chi connectivity index (χ1n) is 7.50. The maximum atomic E-state index is 5.80. The van der Waals surface area contributed by atoms with Crippen molar-refractivity contribution < 1.29 is 0 Å². The molecule has 100 valence electrons. The molecule has 2 saturated heterocycles. The van der Waals surface area contributed by atoms with Crippen LogP contribution in [0.5, 0.6) is 0 Å². The molecule has 0 bridgehead atoms. The van der Waals surface area contributed by atoms with Gasteiger partial charge in [0, 0.05) is 19.1 Å². The summed E-state index contributed by atoms with van der Waals surface area (Å²) < 4.78 is 0. The lowest BCUT2D eigenvalue weighted by Crippen LogP contribution is -2.41. The highest BCUT2D eigenvalue weighted by Crippen LogP contribution is 2.21. The van der Waals surface area contributed by atoms with E-state index < -0.39 is 0 Å². The van der Waals surface area contributed by atoms with Crippen molar-refractivity contribution >= 4 is 0 Å². The zero-order chi connectivity index (χ0) is 12.1. The third-order valence-corrected chi connectivity index (χ3v) is 4.58. The maximum absolute atomic E-state index is 5.80. The summed E-state index contributed by atoms with van der Waals surface area (Å²) in [5.41, 5.74) is 5.80. The molecule has 0 aromatic rings. The van der Waals surface area contributed by atoms with Gasteiger partial charge in [-0.3, -0.25) is 4.90 Å². The number of nitrogens with zero attached hydrogens (tertiary/aromatic N) is 2. The van der Waals surface area contributed by atoms with Gasteiger partial charge < -0.3 is 10.6 Å². The predicted octanol–water partition coefficient (Wildman–Crippen LogP) is 1.53. The Hall–Kier alpha value is -0.120.